The Balaban J connectivity index is 2.16. The molecule has 0 spiro atoms. The van der Waals surface area contributed by atoms with Gasteiger partial charge in [-0.2, -0.15) is 4.98 Å². The highest BCUT2D eigenvalue weighted by Gasteiger charge is 2.44. The van der Waals surface area contributed by atoms with Crippen molar-refractivity contribution in [2.75, 3.05) is 12.3 Å². The lowest BCUT2D eigenvalue weighted by atomic mass is 10.1. The summed E-state index contributed by atoms with van der Waals surface area (Å²) in [5, 5.41) is 19.6. The minimum absolute atomic E-state index is 0.0225. The molecule has 0 saturated carbocycles. The van der Waals surface area contributed by atoms with E-state index in [0.717, 1.165) is 4.57 Å². The van der Waals surface area contributed by atoms with E-state index >= 15 is 0 Å². The van der Waals surface area contributed by atoms with Gasteiger partial charge in [-0.15, -0.1) is 0 Å². The Labute approximate surface area is 117 Å². The quantitative estimate of drug-likeness (QED) is 0.374. The third-order valence-electron chi connectivity index (χ3n) is 2.87. The van der Waals surface area contributed by atoms with Gasteiger partial charge in [0.25, 0.3) is 0 Å². The lowest BCUT2D eigenvalue weighted by molar-refractivity contribution is -0.0542. The van der Waals surface area contributed by atoms with Crippen LogP contribution in [0.3, 0.4) is 0 Å². The maximum Gasteiger partial charge on any atom is 0.469 e. The average molecular weight is 323 g/mol. The molecular formula is C9H14N3O8P. The maximum absolute atomic E-state index is 11.6. The molecule has 4 atom stereocenters. The number of hydrogen-bond acceptors (Lipinski definition) is 8. The van der Waals surface area contributed by atoms with E-state index < -0.39 is 44.7 Å². The van der Waals surface area contributed by atoms with Crippen molar-refractivity contribution in [1.29, 1.82) is 0 Å². The van der Waals surface area contributed by atoms with Crippen LogP contribution < -0.4 is 11.4 Å². The van der Waals surface area contributed by atoms with Crippen LogP contribution in [0.15, 0.2) is 17.1 Å². The SMILES string of the molecule is Nc1ccn([C@H]2O[C@H](COP(=O)(O)O)[C@@H](O)[C@@H]2O)c(=O)n1. The molecule has 118 valence electrons. The normalized spacial score (nSPS) is 29.7. The highest BCUT2D eigenvalue weighted by molar-refractivity contribution is 7.46. The van der Waals surface area contributed by atoms with Crippen LogP contribution in [0, 0.1) is 0 Å². The predicted molar refractivity (Wildman–Crippen MR) is 66.8 cm³/mol. The van der Waals surface area contributed by atoms with Crippen LogP contribution in [0.2, 0.25) is 0 Å². The fraction of sp³-hybridized carbons (Fsp3) is 0.556. The third-order valence-corrected chi connectivity index (χ3v) is 3.36. The number of rotatable bonds is 4. The van der Waals surface area contributed by atoms with Gasteiger partial charge in [0.2, 0.25) is 0 Å². The van der Waals surface area contributed by atoms with Crippen LogP contribution in [0.25, 0.3) is 0 Å². The molecule has 0 aromatic carbocycles. The molecule has 2 rings (SSSR count). The fourth-order valence-electron chi connectivity index (χ4n) is 1.89. The van der Waals surface area contributed by atoms with Crippen LogP contribution in [-0.2, 0) is 13.8 Å². The summed E-state index contributed by atoms with van der Waals surface area (Å²) in [6.07, 6.45) is -4.27. The first-order valence-electron chi connectivity index (χ1n) is 5.75. The molecule has 0 aliphatic carbocycles. The van der Waals surface area contributed by atoms with Gasteiger partial charge in [0.1, 0.15) is 24.1 Å². The molecule has 2 heterocycles. The summed E-state index contributed by atoms with van der Waals surface area (Å²) in [5.74, 6) is -0.0225. The van der Waals surface area contributed by atoms with Gasteiger partial charge < -0.3 is 30.5 Å². The number of ether oxygens (including phenoxy) is 1. The number of phosphoric acid groups is 1. The summed E-state index contributed by atoms with van der Waals surface area (Å²) in [4.78, 5) is 32.3. The van der Waals surface area contributed by atoms with Gasteiger partial charge in [0.15, 0.2) is 6.23 Å². The first-order chi connectivity index (χ1) is 9.69. The fourth-order valence-corrected chi connectivity index (χ4v) is 2.23. The van der Waals surface area contributed by atoms with Gasteiger partial charge >= 0.3 is 13.5 Å². The first-order valence-corrected chi connectivity index (χ1v) is 7.28. The van der Waals surface area contributed by atoms with Crippen LogP contribution >= 0.6 is 7.82 Å². The van der Waals surface area contributed by atoms with Crippen molar-refractivity contribution in [3.63, 3.8) is 0 Å². The van der Waals surface area contributed by atoms with Gasteiger partial charge in [-0.05, 0) is 6.07 Å². The molecule has 1 aromatic heterocycles. The number of hydrogen-bond donors (Lipinski definition) is 5. The maximum atomic E-state index is 11.6. The number of nitrogens with two attached hydrogens (primary N) is 1. The molecule has 1 aliphatic heterocycles. The molecule has 1 fully saturated rings. The van der Waals surface area contributed by atoms with E-state index in [1.807, 2.05) is 0 Å². The highest BCUT2D eigenvalue weighted by Crippen LogP contribution is 2.38. The number of phosphoric ester groups is 1. The number of aromatic nitrogens is 2. The molecule has 11 nitrogen and oxygen atoms in total. The molecule has 1 aliphatic rings. The zero-order valence-electron chi connectivity index (χ0n) is 10.5. The Kier molecular flexibility index (Phi) is 4.44. The van der Waals surface area contributed by atoms with E-state index in [-0.39, 0.29) is 5.82 Å². The van der Waals surface area contributed by atoms with Gasteiger partial charge in [0.05, 0.1) is 6.61 Å². The molecule has 1 saturated heterocycles. The zero-order chi connectivity index (χ0) is 15.8. The van der Waals surface area contributed by atoms with Gasteiger partial charge in [-0.3, -0.25) is 9.09 Å². The lowest BCUT2D eigenvalue weighted by Gasteiger charge is -2.16. The number of nitrogens with zero attached hydrogens (tertiary/aromatic N) is 2. The third kappa shape index (κ3) is 3.66. The molecule has 6 N–H and O–H groups in total. The van der Waals surface area contributed by atoms with Crippen LogP contribution in [0.4, 0.5) is 5.82 Å². The van der Waals surface area contributed by atoms with E-state index in [2.05, 4.69) is 9.51 Å². The largest absolute Gasteiger partial charge is 0.469 e. The number of aliphatic hydroxyl groups is 2. The van der Waals surface area contributed by atoms with Gasteiger partial charge in [0, 0.05) is 6.20 Å². The van der Waals surface area contributed by atoms with Crippen molar-refractivity contribution in [2.24, 2.45) is 0 Å². The monoisotopic (exact) mass is 323 g/mol. The van der Waals surface area contributed by atoms with Crippen molar-refractivity contribution >= 4 is 13.6 Å². The topological polar surface area (TPSA) is 177 Å². The minimum atomic E-state index is -4.74. The summed E-state index contributed by atoms with van der Waals surface area (Å²) in [7, 11) is -4.74. The summed E-state index contributed by atoms with van der Waals surface area (Å²) in [6.45, 7) is -0.657. The van der Waals surface area contributed by atoms with E-state index in [1.54, 1.807) is 0 Å². The standard InChI is InChI=1S/C9H14N3O8P/c10-5-1-2-12(9(15)11-5)8-7(14)6(13)4(20-8)3-19-21(16,17)18/h1-2,4,6-8,13-14H,3H2,(H2,10,11,15)(H2,16,17,18)/t4-,6-,7+,8+/m1/s1. The Morgan fingerprint density at radius 1 is 1.43 bits per heavy atom. The highest BCUT2D eigenvalue weighted by atomic mass is 31.2. The molecule has 21 heavy (non-hydrogen) atoms. The Hall–Kier alpha value is -1.33. The Morgan fingerprint density at radius 2 is 2.10 bits per heavy atom. The second-order valence-electron chi connectivity index (χ2n) is 4.37. The molecule has 1 aromatic rings. The van der Waals surface area contributed by atoms with Gasteiger partial charge in [-0.25, -0.2) is 9.36 Å². The average Bonchev–Trinajstić information content (AvgIpc) is 2.64. The zero-order valence-corrected chi connectivity index (χ0v) is 11.4. The van der Waals surface area contributed by atoms with Crippen LogP contribution in [0.5, 0.6) is 0 Å². The second kappa shape index (κ2) is 5.81. The summed E-state index contributed by atoms with van der Waals surface area (Å²) in [5.41, 5.74) is 4.52. The first kappa shape index (κ1) is 16.0. The van der Waals surface area contributed by atoms with E-state index in [0.29, 0.717) is 0 Å². The van der Waals surface area contributed by atoms with Crippen molar-refractivity contribution in [3.05, 3.63) is 22.7 Å². The number of nitrogen functional groups attached to an aromatic ring is 1. The van der Waals surface area contributed by atoms with E-state index in [4.69, 9.17) is 20.3 Å². The Morgan fingerprint density at radius 3 is 2.67 bits per heavy atom. The van der Waals surface area contributed by atoms with Crippen molar-refractivity contribution in [3.8, 4) is 0 Å². The lowest BCUT2D eigenvalue weighted by Crippen LogP contribution is -2.36. The van der Waals surface area contributed by atoms with Crippen molar-refractivity contribution in [1.82, 2.24) is 9.55 Å². The number of aliphatic hydroxyl groups excluding tert-OH is 2. The molecule has 0 bridgehead atoms. The molecule has 0 unspecified atom stereocenters. The second-order valence-corrected chi connectivity index (χ2v) is 5.61. The van der Waals surface area contributed by atoms with Crippen molar-refractivity contribution < 1.29 is 33.8 Å². The Bertz CT molecular complexity index is 615. The predicted octanol–water partition coefficient (Wildman–Crippen LogP) is -2.45. The number of anilines is 1. The van der Waals surface area contributed by atoms with Crippen LogP contribution in [0.1, 0.15) is 6.23 Å². The molecule has 0 radical (unpaired) electrons. The molecular weight excluding hydrogens is 309 g/mol. The van der Waals surface area contributed by atoms with E-state index in [9.17, 15) is 19.6 Å². The molecule has 0 amide bonds. The summed E-state index contributed by atoms with van der Waals surface area (Å²) in [6, 6.07) is 1.29. The minimum Gasteiger partial charge on any atom is -0.387 e. The van der Waals surface area contributed by atoms with Gasteiger partial charge in [-0.1, -0.05) is 0 Å². The molecule has 12 heteroatoms. The van der Waals surface area contributed by atoms with Crippen molar-refractivity contribution in [2.45, 2.75) is 24.5 Å². The summed E-state index contributed by atoms with van der Waals surface area (Å²) >= 11 is 0. The van der Waals surface area contributed by atoms with E-state index in [1.165, 1.54) is 12.3 Å². The summed E-state index contributed by atoms with van der Waals surface area (Å²) < 4.78 is 20.9. The van der Waals surface area contributed by atoms with Crippen LogP contribution in [-0.4, -0.2) is 54.5 Å². The smallest absolute Gasteiger partial charge is 0.387 e.